The van der Waals surface area contributed by atoms with E-state index < -0.39 is 0 Å². The van der Waals surface area contributed by atoms with Gasteiger partial charge in [0.2, 0.25) is 0 Å². The first-order chi connectivity index (χ1) is 10.2. The lowest BCUT2D eigenvalue weighted by Gasteiger charge is -2.10. The fourth-order valence-corrected chi connectivity index (χ4v) is 2.44. The molecule has 2 aromatic heterocycles. The maximum absolute atomic E-state index is 4.68. The molecule has 0 saturated heterocycles. The van der Waals surface area contributed by atoms with Crippen molar-refractivity contribution in [2.45, 2.75) is 53.5 Å². The van der Waals surface area contributed by atoms with Crippen molar-refractivity contribution < 1.29 is 0 Å². The number of hydrogen-bond donors (Lipinski definition) is 1. The third-order valence-electron chi connectivity index (χ3n) is 3.53. The van der Waals surface area contributed by atoms with E-state index in [0.717, 1.165) is 49.6 Å². The van der Waals surface area contributed by atoms with Gasteiger partial charge in [-0.2, -0.15) is 5.10 Å². The summed E-state index contributed by atoms with van der Waals surface area (Å²) in [4.78, 5) is 4.66. The molecule has 0 aliphatic carbocycles. The smallest absolute Gasteiger partial charge is 0.154 e. The molecule has 2 aromatic rings. The maximum atomic E-state index is 4.68. The molecule has 1 N–H and O–H groups in total. The van der Waals surface area contributed by atoms with Crippen LogP contribution in [0.2, 0.25) is 0 Å². The minimum absolute atomic E-state index is 0.883. The van der Waals surface area contributed by atoms with Gasteiger partial charge in [0.05, 0.1) is 5.69 Å². The predicted octanol–water partition coefficient (Wildman–Crippen LogP) is 3.20. The minimum Gasteiger partial charge on any atom is -0.313 e. The van der Waals surface area contributed by atoms with Crippen molar-refractivity contribution in [3.8, 4) is 5.82 Å². The van der Waals surface area contributed by atoms with Crippen LogP contribution in [0, 0.1) is 6.92 Å². The van der Waals surface area contributed by atoms with Gasteiger partial charge in [-0.1, -0.05) is 20.8 Å². The number of nitrogens with one attached hydrogen (secondary N) is 1. The van der Waals surface area contributed by atoms with E-state index in [2.05, 4.69) is 54.4 Å². The molecule has 0 atom stereocenters. The highest BCUT2D eigenvalue weighted by molar-refractivity contribution is 5.32. The van der Waals surface area contributed by atoms with Crippen molar-refractivity contribution in [3.05, 3.63) is 40.8 Å². The van der Waals surface area contributed by atoms with Gasteiger partial charge in [0, 0.05) is 17.9 Å². The van der Waals surface area contributed by atoms with Crippen LogP contribution in [0.1, 0.15) is 49.8 Å². The quantitative estimate of drug-likeness (QED) is 0.795. The molecule has 0 aromatic carbocycles. The summed E-state index contributed by atoms with van der Waals surface area (Å²) < 4.78 is 2.00. The Morgan fingerprint density at radius 2 is 1.90 bits per heavy atom. The number of pyridine rings is 1. The second-order valence-electron chi connectivity index (χ2n) is 5.40. The fraction of sp³-hybridized carbons (Fsp3) is 0.529. The molecule has 0 spiro atoms. The highest BCUT2D eigenvalue weighted by Crippen LogP contribution is 2.15. The van der Waals surface area contributed by atoms with Crippen LogP contribution in [0.3, 0.4) is 0 Å². The maximum Gasteiger partial charge on any atom is 0.154 e. The summed E-state index contributed by atoms with van der Waals surface area (Å²) in [7, 11) is 0. The highest BCUT2D eigenvalue weighted by atomic mass is 15.3. The zero-order chi connectivity index (χ0) is 15.2. The van der Waals surface area contributed by atoms with Gasteiger partial charge in [0.15, 0.2) is 5.82 Å². The number of aromatic nitrogens is 3. The average molecular weight is 286 g/mol. The summed E-state index contributed by atoms with van der Waals surface area (Å²) in [5.74, 6) is 0.930. The summed E-state index contributed by atoms with van der Waals surface area (Å²) >= 11 is 0. The van der Waals surface area contributed by atoms with Crippen LogP contribution in [0.25, 0.3) is 5.82 Å². The van der Waals surface area contributed by atoms with Crippen molar-refractivity contribution >= 4 is 0 Å². The molecule has 21 heavy (non-hydrogen) atoms. The Kier molecular flexibility index (Phi) is 5.51. The van der Waals surface area contributed by atoms with Crippen molar-refractivity contribution in [2.24, 2.45) is 0 Å². The largest absolute Gasteiger partial charge is 0.313 e. The van der Waals surface area contributed by atoms with Crippen LogP contribution in [-0.2, 0) is 19.4 Å². The van der Waals surface area contributed by atoms with E-state index in [1.807, 2.05) is 11.6 Å². The Labute approximate surface area is 127 Å². The van der Waals surface area contributed by atoms with Crippen LogP contribution >= 0.6 is 0 Å². The van der Waals surface area contributed by atoms with Gasteiger partial charge >= 0.3 is 0 Å². The Hall–Kier alpha value is -1.68. The summed E-state index contributed by atoms with van der Waals surface area (Å²) in [5, 5.41) is 8.13. The second kappa shape index (κ2) is 7.36. The topological polar surface area (TPSA) is 42.7 Å². The fourth-order valence-electron chi connectivity index (χ4n) is 2.44. The molecule has 4 heteroatoms. The highest BCUT2D eigenvalue weighted by Gasteiger charge is 2.10. The Morgan fingerprint density at radius 3 is 2.57 bits per heavy atom. The van der Waals surface area contributed by atoms with Gasteiger partial charge < -0.3 is 5.32 Å². The minimum atomic E-state index is 0.883. The first-order valence-electron chi connectivity index (χ1n) is 7.94. The van der Waals surface area contributed by atoms with Gasteiger partial charge in [-0.15, -0.1) is 0 Å². The van der Waals surface area contributed by atoms with Gasteiger partial charge in [-0.25, -0.2) is 9.67 Å². The van der Waals surface area contributed by atoms with E-state index in [1.54, 1.807) is 0 Å². The van der Waals surface area contributed by atoms with Crippen LogP contribution in [0.5, 0.6) is 0 Å². The van der Waals surface area contributed by atoms with Crippen LogP contribution in [-0.4, -0.2) is 21.3 Å². The van der Waals surface area contributed by atoms with Crippen molar-refractivity contribution in [3.63, 3.8) is 0 Å². The lowest BCUT2D eigenvalue weighted by Crippen LogP contribution is -2.15. The van der Waals surface area contributed by atoms with E-state index >= 15 is 0 Å². The summed E-state index contributed by atoms with van der Waals surface area (Å²) in [6, 6.07) is 6.46. The van der Waals surface area contributed by atoms with Crippen LogP contribution in [0.15, 0.2) is 18.2 Å². The average Bonchev–Trinajstić information content (AvgIpc) is 2.90. The summed E-state index contributed by atoms with van der Waals surface area (Å²) in [5.41, 5.74) is 4.65. The van der Waals surface area contributed by atoms with Crippen LogP contribution < -0.4 is 5.32 Å². The van der Waals surface area contributed by atoms with Gasteiger partial charge in [-0.3, -0.25) is 0 Å². The molecule has 0 aliphatic rings. The number of nitrogens with zero attached hydrogens (tertiary/aromatic N) is 3. The number of rotatable bonds is 7. The summed E-state index contributed by atoms with van der Waals surface area (Å²) in [6.45, 7) is 10.4. The Bertz CT molecular complexity index is 586. The molecule has 0 amide bonds. The predicted molar refractivity (Wildman–Crippen MR) is 86.8 cm³/mol. The molecule has 0 unspecified atom stereocenters. The first-order valence-corrected chi connectivity index (χ1v) is 7.94. The molecular formula is C17H26N4. The zero-order valence-electron chi connectivity index (χ0n) is 13.6. The zero-order valence-corrected chi connectivity index (χ0v) is 13.6. The molecule has 114 valence electrons. The van der Waals surface area contributed by atoms with Gasteiger partial charge in [0.25, 0.3) is 0 Å². The third-order valence-corrected chi connectivity index (χ3v) is 3.53. The molecule has 0 fully saturated rings. The number of aryl methyl sites for hydroxylation is 3. The molecule has 2 rings (SSSR count). The second-order valence-corrected chi connectivity index (χ2v) is 5.40. The van der Waals surface area contributed by atoms with Crippen molar-refractivity contribution in [1.82, 2.24) is 20.1 Å². The Balaban J connectivity index is 2.32. The third kappa shape index (κ3) is 3.91. The van der Waals surface area contributed by atoms with E-state index in [0.29, 0.717) is 0 Å². The SMILES string of the molecule is CCCNCc1cc(C)nc(-n2nc(CC)cc2CC)c1. The molecular weight excluding hydrogens is 260 g/mol. The molecule has 2 heterocycles. The van der Waals surface area contributed by atoms with Crippen LogP contribution in [0.4, 0.5) is 0 Å². The molecule has 4 nitrogen and oxygen atoms in total. The van der Waals surface area contributed by atoms with Crippen molar-refractivity contribution in [1.29, 1.82) is 0 Å². The molecule has 0 saturated carbocycles. The lowest BCUT2D eigenvalue weighted by atomic mass is 10.2. The van der Waals surface area contributed by atoms with E-state index in [4.69, 9.17) is 0 Å². The monoisotopic (exact) mass is 286 g/mol. The molecule has 0 radical (unpaired) electrons. The van der Waals surface area contributed by atoms with E-state index in [9.17, 15) is 0 Å². The van der Waals surface area contributed by atoms with E-state index in [1.165, 1.54) is 11.3 Å². The normalized spacial score (nSPS) is 11.0. The molecule has 0 bridgehead atoms. The summed E-state index contributed by atoms with van der Waals surface area (Å²) in [6.07, 6.45) is 3.07. The number of hydrogen-bond acceptors (Lipinski definition) is 3. The van der Waals surface area contributed by atoms with Crippen molar-refractivity contribution in [2.75, 3.05) is 6.54 Å². The molecule has 0 aliphatic heterocycles. The standard InChI is InChI=1S/C17H26N4/c1-5-8-18-12-14-9-13(4)19-17(10-14)21-16(7-3)11-15(6-2)20-21/h9-11,18H,5-8,12H2,1-4H3. The first kappa shape index (κ1) is 15.7. The van der Waals surface area contributed by atoms with Gasteiger partial charge in [0.1, 0.15) is 0 Å². The van der Waals surface area contributed by atoms with Gasteiger partial charge in [-0.05, 0) is 56.5 Å². The van der Waals surface area contributed by atoms with E-state index in [-0.39, 0.29) is 0 Å². The lowest BCUT2D eigenvalue weighted by molar-refractivity contribution is 0.672. The Morgan fingerprint density at radius 1 is 1.10 bits per heavy atom.